The van der Waals surface area contributed by atoms with Crippen molar-refractivity contribution in [2.75, 3.05) is 5.32 Å². The van der Waals surface area contributed by atoms with Gasteiger partial charge < -0.3 is 16.2 Å². The third-order valence-corrected chi connectivity index (χ3v) is 2.82. The van der Waals surface area contributed by atoms with E-state index in [0.717, 1.165) is 11.1 Å². The number of phenols is 1. The minimum absolute atomic E-state index is 0.0296. The highest BCUT2D eigenvalue weighted by atomic mass is 16.3. The molecule has 0 aliphatic heterocycles. The lowest BCUT2D eigenvalue weighted by atomic mass is 10.1. The Kier molecular flexibility index (Phi) is 3.82. The fraction of sp³-hybridized carbons (Fsp3) is 0.133. The molecule has 0 saturated carbocycles. The second-order valence-corrected chi connectivity index (χ2v) is 4.38. The molecule has 2 aromatic rings. The Balaban J connectivity index is 2.23. The van der Waals surface area contributed by atoms with Crippen molar-refractivity contribution in [3.63, 3.8) is 0 Å². The maximum absolute atomic E-state index is 12.1. The predicted molar refractivity (Wildman–Crippen MR) is 75.1 cm³/mol. The van der Waals surface area contributed by atoms with Crippen LogP contribution in [0.5, 0.6) is 5.75 Å². The number of benzene rings is 2. The van der Waals surface area contributed by atoms with Crippen molar-refractivity contribution in [1.29, 1.82) is 0 Å². The Morgan fingerprint density at radius 1 is 1.26 bits per heavy atom. The summed E-state index contributed by atoms with van der Waals surface area (Å²) in [6.07, 6.45) is 0. The van der Waals surface area contributed by atoms with Gasteiger partial charge in [-0.25, -0.2) is 0 Å². The lowest BCUT2D eigenvalue weighted by molar-refractivity contribution is 0.102. The van der Waals surface area contributed by atoms with Gasteiger partial charge in [-0.05, 0) is 36.8 Å². The number of hydrogen-bond donors (Lipinski definition) is 3. The Hall–Kier alpha value is -2.33. The zero-order valence-corrected chi connectivity index (χ0v) is 10.7. The first-order valence-electron chi connectivity index (χ1n) is 6.00. The fourth-order valence-electron chi connectivity index (χ4n) is 1.81. The van der Waals surface area contributed by atoms with Crippen LogP contribution in [0.15, 0.2) is 42.5 Å². The van der Waals surface area contributed by atoms with Gasteiger partial charge in [0.1, 0.15) is 5.75 Å². The number of carbonyl (C=O) groups excluding carboxylic acids is 1. The number of aryl methyl sites for hydroxylation is 1. The van der Waals surface area contributed by atoms with Gasteiger partial charge in [-0.2, -0.15) is 0 Å². The third kappa shape index (κ3) is 3.11. The van der Waals surface area contributed by atoms with Crippen LogP contribution in [0.2, 0.25) is 0 Å². The second-order valence-electron chi connectivity index (χ2n) is 4.38. The van der Waals surface area contributed by atoms with E-state index in [0.29, 0.717) is 12.2 Å². The molecule has 0 aliphatic carbocycles. The van der Waals surface area contributed by atoms with Crippen LogP contribution in [-0.4, -0.2) is 11.0 Å². The lowest BCUT2D eigenvalue weighted by Crippen LogP contribution is -2.12. The molecule has 0 aromatic heterocycles. The summed E-state index contributed by atoms with van der Waals surface area (Å²) in [7, 11) is 0. The fourth-order valence-corrected chi connectivity index (χ4v) is 1.81. The maximum Gasteiger partial charge on any atom is 0.259 e. The largest absolute Gasteiger partial charge is 0.507 e. The van der Waals surface area contributed by atoms with Crippen LogP contribution in [0, 0.1) is 6.92 Å². The predicted octanol–water partition coefficient (Wildman–Crippen LogP) is 2.41. The number of anilines is 1. The van der Waals surface area contributed by atoms with Crippen LogP contribution < -0.4 is 11.1 Å². The van der Waals surface area contributed by atoms with E-state index in [2.05, 4.69) is 5.32 Å². The number of carbonyl (C=O) groups is 1. The second kappa shape index (κ2) is 5.54. The molecule has 4 nitrogen and oxygen atoms in total. The van der Waals surface area contributed by atoms with Crippen molar-refractivity contribution < 1.29 is 9.90 Å². The van der Waals surface area contributed by atoms with Crippen molar-refractivity contribution in [3.8, 4) is 5.75 Å². The molecule has 0 radical (unpaired) electrons. The number of aromatic hydroxyl groups is 1. The van der Waals surface area contributed by atoms with Gasteiger partial charge in [-0.1, -0.05) is 23.8 Å². The third-order valence-electron chi connectivity index (χ3n) is 2.82. The van der Waals surface area contributed by atoms with Gasteiger partial charge in [0, 0.05) is 12.2 Å². The number of phenolic OH excluding ortho intramolecular Hbond substituents is 1. The van der Waals surface area contributed by atoms with Crippen molar-refractivity contribution in [1.82, 2.24) is 0 Å². The summed E-state index contributed by atoms with van der Waals surface area (Å²) in [5.74, 6) is -0.367. The first-order valence-corrected chi connectivity index (χ1v) is 6.00. The summed E-state index contributed by atoms with van der Waals surface area (Å²) in [5, 5.41) is 12.4. The summed E-state index contributed by atoms with van der Waals surface area (Å²) in [5.41, 5.74) is 8.33. The molecule has 0 spiro atoms. The monoisotopic (exact) mass is 256 g/mol. The smallest absolute Gasteiger partial charge is 0.259 e. The molecule has 98 valence electrons. The van der Waals surface area contributed by atoms with E-state index in [4.69, 9.17) is 5.73 Å². The Morgan fingerprint density at radius 3 is 2.79 bits per heavy atom. The van der Waals surface area contributed by atoms with E-state index in [1.165, 1.54) is 6.07 Å². The molecule has 1 amide bonds. The first-order chi connectivity index (χ1) is 9.10. The normalized spacial score (nSPS) is 10.2. The lowest BCUT2D eigenvalue weighted by Gasteiger charge is -2.08. The Bertz CT molecular complexity index is 609. The highest BCUT2D eigenvalue weighted by molar-refractivity contribution is 6.06. The number of nitrogens with two attached hydrogens (primary N) is 1. The molecule has 19 heavy (non-hydrogen) atoms. The minimum Gasteiger partial charge on any atom is -0.507 e. The average Bonchev–Trinajstić information content (AvgIpc) is 2.41. The minimum atomic E-state index is -0.338. The molecule has 0 fully saturated rings. The van der Waals surface area contributed by atoms with Crippen LogP contribution in [0.25, 0.3) is 0 Å². The van der Waals surface area contributed by atoms with Crippen molar-refractivity contribution in [2.45, 2.75) is 13.5 Å². The molecule has 2 aromatic carbocycles. The number of nitrogens with one attached hydrogen (secondary N) is 1. The molecule has 0 unspecified atom stereocenters. The maximum atomic E-state index is 12.1. The van der Waals surface area contributed by atoms with Crippen LogP contribution in [0.3, 0.4) is 0 Å². The molecule has 4 N–H and O–H groups in total. The van der Waals surface area contributed by atoms with E-state index < -0.39 is 0 Å². The van der Waals surface area contributed by atoms with Gasteiger partial charge in [-0.3, -0.25) is 4.79 Å². The molecule has 0 aliphatic rings. The van der Waals surface area contributed by atoms with Gasteiger partial charge in [0.15, 0.2) is 0 Å². The molecule has 0 bridgehead atoms. The van der Waals surface area contributed by atoms with Gasteiger partial charge in [0.25, 0.3) is 5.91 Å². The van der Waals surface area contributed by atoms with Crippen molar-refractivity contribution in [3.05, 3.63) is 59.2 Å². The Labute approximate surface area is 111 Å². The first kappa shape index (κ1) is 13.1. The highest BCUT2D eigenvalue weighted by Gasteiger charge is 2.11. The summed E-state index contributed by atoms with van der Waals surface area (Å²) in [4.78, 5) is 12.1. The zero-order valence-electron chi connectivity index (χ0n) is 10.7. The quantitative estimate of drug-likeness (QED) is 0.789. The van der Waals surface area contributed by atoms with E-state index in [1.54, 1.807) is 18.2 Å². The molecule has 0 saturated heterocycles. The molecule has 0 atom stereocenters. The number of amides is 1. The summed E-state index contributed by atoms with van der Waals surface area (Å²) in [6.45, 7) is 2.28. The molecular formula is C15H16N2O2. The molecule has 2 rings (SSSR count). The average molecular weight is 256 g/mol. The molecule has 4 heteroatoms. The van der Waals surface area contributed by atoms with Crippen molar-refractivity contribution in [2.24, 2.45) is 5.73 Å². The summed E-state index contributed by atoms with van der Waals surface area (Å²) in [6, 6.07) is 12.2. The van der Waals surface area contributed by atoms with Gasteiger partial charge in [0.2, 0.25) is 0 Å². The van der Waals surface area contributed by atoms with E-state index >= 15 is 0 Å². The molecular weight excluding hydrogens is 240 g/mol. The molecule has 0 heterocycles. The summed E-state index contributed by atoms with van der Waals surface area (Å²) < 4.78 is 0. The van der Waals surface area contributed by atoms with E-state index in [1.807, 2.05) is 25.1 Å². The SMILES string of the molecule is Cc1ccc(O)c(C(=O)Nc2cccc(CN)c2)c1. The number of rotatable bonds is 3. The van der Waals surface area contributed by atoms with Crippen LogP contribution >= 0.6 is 0 Å². The zero-order chi connectivity index (χ0) is 13.8. The highest BCUT2D eigenvalue weighted by Crippen LogP contribution is 2.20. The standard InChI is InChI=1S/C15H16N2O2/c1-10-5-6-14(18)13(7-10)15(19)17-12-4-2-3-11(8-12)9-16/h2-8,18H,9,16H2,1H3,(H,17,19). The summed E-state index contributed by atoms with van der Waals surface area (Å²) >= 11 is 0. The van der Waals surface area contributed by atoms with E-state index in [-0.39, 0.29) is 17.2 Å². The van der Waals surface area contributed by atoms with Crippen LogP contribution in [0.1, 0.15) is 21.5 Å². The van der Waals surface area contributed by atoms with Gasteiger partial charge in [0.05, 0.1) is 5.56 Å². The van der Waals surface area contributed by atoms with Crippen LogP contribution in [0.4, 0.5) is 5.69 Å². The van der Waals surface area contributed by atoms with E-state index in [9.17, 15) is 9.90 Å². The van der Waals surface area contributed by atoms with Gasteiger partial charge >= 0.3 is 0 Å². The van der Waals surface area contributed by atoms with Gasteiger partial charge in [-0.15, -0.1) is 0 Å². The Morgan fingerprint density at radius 2 is 2.05 bits per heavy atom. The number of hydrogen-bond acceptors (Lipinski definition) is 3. The topological polar surface area (TPSA) is 75.3 Å². The van der Waals surface area contributed by atoms with Crippen molar-refractivity contribution >= 4 is 11.6 Å². The van der Waals surface area contributed by atoms with Crippen LogP contribution in [-0.2, 0) is 6.54 Å².